The Hall–Kier alpha value is -2.53. The van der Waals surface area contributed by atoms with Gasteiger partial charge in [0.05, 0.1) is 5.52 Å². The highest BCUT2D eigenvalue weighted by molar-refractivity contribution is 6.31. The molecule has 112 valence electrons. The van der Waals surface area contributed by atoms with Crippen LogP contribution in [0.25, 0.3) is 11.1 Å². The number of hydrogen-bond donors (Lipinski definition) is 0. The number of fused-ring (bicyclic) bond motifs is 1. The van der Waals surface area contributed by atoms with E-state index in [1.165, 1.54) is 9.47 Å². The molecule has 0 spiro atoms. The molecule has 0 aliphatic carbocycles. The molecule has 0 radical (unpaired) electrons. The van der Waals surface area contributed by atoms with Gasteiger partial charge in [-0.15, -0.1) is 0 Å². The van der Waals surface area contributed by atoms with Gasteiger partial charge in [0, 0.05) is 23.8 Å². The van der Waals surface area contributed by atoms with Crippen molar-refractivity contribution in [3.8, 4) is 0 Å². The van der Waals surface area contributed by atoms with Gasteiger partial charge in [-0.3, -0.25) is 9.36 Å². The Labute approximate surface area is 131 Å². The van der Waals surface area contributed by atoms with E-state index in [1.807, 2.05) is 30.3 Å². The van der Waals surface area contributed by atoms with Crippen LogP contribution >= 0.6 is 11.6 Å². The third-order valence-corrected chi connectivity index (χ3v) is 3.68. The van der Waals surface area contributed by atoms with Crippen LogP contribution in [0.2, 0.25) is 5.02 Å². The molecule has 0 fully saturated rings. The Morgan fingerprint density at radius 1 is 1.23 bits per heavy atom. The number of carbonyl (C=O) groups excluding carboxylic acids is 1. The maximum atomic E-state index is 12.4. The van der Waals surface area contributed by atoms with Crippen molar-refractivity contribution in [2.45, 2.75) is 6.54 Å². The van der Waals surface area contributed by atoms with E-state index in [0.29, 0.717) is 16.1 Å². The van der Waals surface area contributed by atoms with Crippen LogP contribution < -0.4 is 10.7 Å². The van der Waals surface area contributed by atoms with Gasteiger partial charge in [-0.1, -0.05) is 29.8 Å². The van der Waals surface area contributed by atoms with Gasteiger partial charge in [-0.05, 0) is 24.3 Å². The van der Waals surface area contributed by atoms with E-state index in [2.05, 4.69) is 0 Å². The predicted octanol–water partition coefficient (Wildman–Crippen LogP) is 2.91. The highest BCUT2D eigenvalue weighted by Crippen LogP contribution is 2.19. The number of carbonyl (C=O) groups is 1. The number of nitrogens with zero attached hydrogens (tertiary/aromatic N) is 2. The van der Waals surface area contributed by atoms with E-state index in [4.69, 9.17) is 16.0 Å². The number of rotatable bonds is 3. The molecule has 0 aliphatic rings. The average molecular weight is 317 g/mol. The minimum atomic E-state index is -0.577. The first-order valence-electron chi connectivity index (χ1n) is 6.67. The van der Waals surface area contributed by atoms with Crippen LogP contribution in [0.1, 0.15) is 0 Å². The molecule has 3 rings (SSSR count). The minimum Gasteiger partial charge on any atom is -0.408 e. The molecule has 22 heavy (non-hydrogen) atoms. The zero-order valence-corrected chi connectivity index (χ0v) is 12.6. The van der Waals surface area contributed by atoms with E-state index in [0.717, 1.165) is 5.69 Å². The molecular weight excluding hydrogens is 304 g/mol. The summed E-state index contributed by atoms with van der Waals surface area (Å²) in [5.74, 6) is -0.793. The number of hydrogen-bond acceptors (Lipinski definition) is 3. The predicted molar refractivity (Wildman–Crippen MR) is 85.3 cm³/mol. The maximum absolute atomic E-state index is 12.4. The zero-order valence-electron chi connectivity index (χ0n) is 11.8. The molecular formula is C16H13ClN2O3. The molecule has 3 aromatic rings. The third-order valence-electron chi connectivity index (χ3n) is 3.44. The number of benzene rings is 2. The fourth-order valence-corrected chi connectivity index (χ4v) is 2.39. The Balaban J connectivity index is 1.92. The molecule has 0 N–H and O–H groups in total. The molecule has 0 saturated carbocycles. The lowest BCUT2D eigenvalue weighted by molar-refractivity contribution is -0.118. The van der Waals surface area contributed by atoms with Gasteiger partial charge in [0.15, 0.2) is 5.58 Å². The van der Waals surface area contributed by atoms with Gasteiger partial charge in [0.1, 0.15) is 6.54 Å². The van der Waals surface area contributed by atoms with Crippen molar-refractivity contribution in [3.05, 3.63) is 64.1 Å². The maximum Gasteiger partial charge on any atom is 0.420 e. The molecule has 0 atom stereocenters. The summed E-state index contributed by atoms with van der Waals surface area (Å²) < 4.78 is 6.42. The van der Waals surface area contributed by atoms with Crippen LogP contribution in [0, 0.1) is 0 Å². The van der Waals surface area contributed by atoms with Crippen molar-refractivity contribution >= 4 is 34.3 Å². The molecule has 6 heteroatoms. The smallest absolute Gasteiger partial charge is 0.408 e. The molecule has 5 nitrogen and oxygen atoms in total. The van der Waals surface area contributed by atoms with Crippen LogP contribution in [-0.4, -0.2) is 17.5 Å². The summed E-state index contributed by atoms with van der Waals surface area (Å²) in [4.78, 5) is 25.8. The highest BCUT2D eigenvalue weighted by atomic mass is 35.5. The summed E-state index contributed by atoms with van der Waals surface area (Å²) in [6, 6.07) is 14.1. The first-order valence-corrected chi connectivity index (χ1v) is 7.04. The fraction of sp³-hybridized carbons (Fsp3) is 0.125. The molecule has 1 amide bonds. The quantitative estimate of drug-likeness (QED) is 0.746. The summed E-state index contributed by atoms with van der Waals surface area (Å²) in [6.07, 6.45) is 0. The molecule has 0 unspecified atom stereocenters. The minimum absolute atomic E-state index is 0.0984. The average Bonchev–Trinajstić information content (AvgIpc) is 2.82. The van der Waals surface area contributed by atoms with E-state index < -0.39 is 5.76 Å². The Bertz CT molecular complexity index is 883. The standard InChI is InChI=1S/C16H13ClN2O3/c1-18(12-5-3-2-4-6-12)15(20)10-19-13-8-7-11(17)9-14(13)22-16(19)21/h2-9H,10H2,1H3. The van der Waals surface area contributed by atoms with Gasteiger partial charge >= 0.3 is 5.76 Å². The fourth-order valence-electron chi connectivity index (χ4n) is 2.23. The van der Waals surface area contributed by atoms with Crippen LogP contribution in [0.5, 0.6) is 0 Å². The number of aromatic nitrogens is 1. The number of halogens is 1. The summed E-state index contributed by atoms with van der Waals surface area (Å²) >= 11 is 5.87. The van der Waals surface area contributed by atoms with Crippen LogP contribution in [0.4, 0.5) is 5.69 Å². The van der Waals surface area contributed by atoms with Crippen molar-refractivity contribution < 1.29 is 9.21 Å². The number of oxazole rings is 1. The largest absolute Gasteiger partial charge is 0.420 e. The summed E-state index contributed by atoms with van der Waals surface area (Å²) in [5, 5.41) is 0.473. The number of amides is 1. The van der Waals surface area contributed by atoms with Gasteiger partial charge in [0.25, 0.3) is 0 Å². The molecule has 2 aromatic carbocycles. The number of para-hydroxylation sites is 1. The summed E-state index contributed by atoms with van der Waals surface area (Å²) in [7, 11) is 1.67. The normalized spacial score (nSPS) is 10.8. The van der Waals surface area contributed by atoms with Gasteiger partial charge < -0.3 is 9.32 Å². The first kappa shape index (κ1) is 14.4. The Morgan fingerprint density at radius 2 is 1.95 bits per heavy atom. The lowest BCUT2D eigenvalue weighted by Crippen LogP contribution is -2.32. The lowest BCUT2D eigenvalue weighted by atomic mass is 10.3. The van der Waals surface area contributed by atoms with Gasteiger partial charge in [-0.25, -0.2) is 4.79 Å². The highest BCUT2D eigenvalue weighted by Gasteiger charge is 2.16. The lowest BCUT2D eigenvalue weighted by Gasteiger charge is -2.17. The summed E-state index contributed by atoms with van der Waals surface area (Å²) in [5.41, 5.74) is 1.67. The second kappa shape index (κ2) is 5.69. The van der Waals surface area contributed by atoms with E-state index in [1.54, 1.807) is 25.2 Å². The third kappa shape index (κ3) is 2.63. The van der Waals surface area contributed by atoms with Gasteiger partial charge in [0.2, 0.25) is 5.91 Å². The van der Waals surface area contributed by atoms with Crippen molar-refractivity contribution in [2.24, 2.45) is 0 Å². The van der Waals surface area contributed by atoms with Crippen molar-refractivity contribution in [1.29, 1.82) is 0 Å². The second-order valence-corrected chi connectivity index (χ2v) is 5.29. The van der Waals surface area contributed by atoms with E-state index in [9.17, 15) is 9.59 Å². The molecule has 1 aromatic heterocycles. The summed E-state index contributed by atoms with van der Waals surface area (Å²) in [6.45, 7) is -0.0984. The van der Waals surface area contributed by atoms with Gasteiger partial charge in [-0.2, -0.15) is 0 Å². The first-order chi connectivity index (χ1) is 10.6. The van der Waals surface area contributed by atoms with E-state index in [-0.39, 0.29) is 12.5 Å². The molecule has 0 aliphatic heterocycles. The molecule has 0 bridgehead atoms. The Kier molecular flexibility index (Phi) is 3.73. The number of likely N-dealkylation sites (N-methyl/N-ethyl adjacent to an activating group) is 1. The number of anilines is 1. The van der Waals surface area contributed by atoms with Crippen LogP contribution in [0.15, 0.2) is 57.7 Å². The second-order valence-electron chi connectivity index (χ2n) is 4.85. The zero-order chi connectivity index (χ0) is 15.7. The van der Waals surface area contributed by atoms with Crippen molar-refractivity contribution in [1.82, 2.24) is 4.57 Å². The molecule has 1 heterocycles. The van der Waals surface area contributed by atoms with Crippen molar-refractivity contribution in [3.63, 3.8) is 0 Å². The van der Waals surface area contributed by atoms with Crippen LogP contribution in [-0.2, 0) is 11.3 Å². The van der Waals surface area contributed by atoms with Crippen molar-refractivity contribution in [2.75, 3.05) is 11.9 Å². The SMILES string of the molecule is CN(C(=O)Cn1c(=O)oc2cc(Cl)ccc21)c1ccccc1. The Morgan fingerprint density at radius 3 is 2.68 bits per heavy atom. The molecule has 0 saturated heterocycles. The van der Waals surface area contributed by atoms with Crippen LogP contribution in [0.3, 0.4) is 0 Å². The topological polar surface area (TPSA) is 55.5 Å². The monoisotopic (exact) mass is 316 g/mol. The van der Waals surface area contributed by atoms with E-state index >= 15 is 0 Å².